The van der Waals surface area contributed by atoms with Crippen molar-refractivity contribution in [3.05, 3.63) is 81.9 Å². The Bertz CT molecular complexity index is 1580. The van der Waals surface area contributed by atoms with E-state index >= 15 is 0 Å². The molecule has 188 valence electrons. The Hall–Kier alpha value is -3.08. The van der Waals surface area contributed by atoms with Crippen molar-refractivity contribution in [1.29, 1.82) is 0 Å². The molecule has 0 saturated heterocycles. The Balaban J connectivity index is 2.02. The fourth-order valence-corrected chi connectivity index (χ4v) is 5.84. The number of halogens is 2. The van der Waals surface area contributed by atoms with Crippen molar-refractivity contribution in [2.45, 2.75) is 19.9 Å². The number of methoxy groups -OCH3 is 2. The molecule has 0 spiro atoms. The summed E-state index contributed by atoms with van der Waals surface area (Å²) in [5.41, 5.74) is 1.19. The first-order valence-corrected chi connectivity index (χ1v) is 12.8. The molecule has 1 N–H and O–H groups in total. The molecule has 36 heavy (non-hydrogen) atoms. The van der Waals surface area contributed by atoms with E-state index in [0.717, 1.165) is 11.3 Å². The first-order chi connectivity index (χ1) is 17.2. The number of esters is 1. The smallest absolute Gasteiger partial charge is 0.338 e. The number of thiazole rings is 1. The van der Waals surface area contributed by atoms with Gasteiger partial charge < -0.3 is 19.3 Å². The monoisotopic (exact) mass is 592 g/mol. The minimum absolute atomic E-state index is 0.143. The van der Waals surface area contributed by atoms with Gasteiger partial charge in [0.15, 0.2) is 4.80 Å². The molecule has 1 aliphatic heterocycles. The van der Waals surface area contributed by atoms with Gasteiger partial charge in [-0.3, -0.25) is 9.36 Å². The van der Waals surface area contributed by atoms with Gasteiger partial charge in [-0.2, -0.15) is 0 Å². The first kappa shape index (κ1) is 26.0. The van der Waals surface area contributed by atoms with Crippen molar-refractivity contribution < 1.29 is 24.1 Å². The van der Waals surface area contributed by atoms with Crippen LogP contribution in [-0.2, 0) is 9.53 Å². The van der Waals surface area contributed by atoms with Crippen LogP contribution in [0.5, 0.6) is 17.2 Å². The summed E-state index contributed by atoms with van der Waals surface area (Å²) in [6.07, 6.45) is 1.54. The fourth-order valence-electron chi connectivity index (χ4n) is 3.97. The lowest BCUT2D eigenvalue weighted by molar-refractivity contribution is -0.139. The highest BCUT2D eigenvalue weighted by Gasteiger charge is 2.35. The summed E-state index contributed by atoms with van der Waals surface area (Å²) in [7, 11) is 3.04. The van der Waals surface area contributed by atoms with Crippen LogP contribution in [0.15, 0.2) is 55.9 Å². The van der Waals surface area contributed by atoms with E-state index in [0.29, 0.717) is 42.1 Å². The number of aromatic nitrogens is 1. The van der Waals surface area contributed by atoms with Crippen molar-refractivity contribution in [1.82, 2.24) is 4.57 Å². The lowest BCUT2D eigenvalue weighted by Crippen LogP contribution is -2.40. The van der Waals surface area contributed by atoms with Crippen LogP contribution in [0, 0.1) is 0 Å². The third-order valence-corrected chi connectivity index (χ3v) is 7.33. The van der Waals surface area contributed by atoms with Gasteiger partial charge in [-0.15, -0.1) is 0 Å². The zero-order valence-corrected chi connectivity index (χ0v) is 23.0. The molecule has 4 rings (SSSR count). The van der Waals surface area contributed by atoms with E-state index in [2.05, 4.69) is 20.9 Å². The van der Waals surface area contributed by atoms with E-state index < -0.39 is 17.6 Å². The number of carbonyl (C=O) groups is 1. The predicted octanol–water partition coefficient (Wildman–Crippen LogP) is 3.94. The highest BCUT2D eigenvalue weighted by Crippen LogP contribution is 2.38. The third-order valence-electron chi connectivity index (χ3n) is 5.60. The minimum atomic E-state index is -0.858. The van der Waals surface area contributed by atoms with Gasteiger partial charge >= 0.3 is 5.97 Å². The van der Waals surface area contributed by atoms with Gasteiger partial charge in [0, 0.05) is 21.7 Å². The number of phenolic OH excluding ortho intramolecular Hbond substituents is 1. The molecule has 2 heterocycles. The zero-order valence-electron chi connectivity index (χ0n) is 19.8. The van der Waals surface area contributed by atoms with Crippen LogP contribution >= 0.6 is 38.9 Å². The number of ether oxygens (including phenoxy) is 3. The van der Waals surface area contributed by atoms with Gasteiger partial charge in [-0.25, -0.2) is 9.79 Å². The third kappa shape index (κ3) is 4.68. The van der Waals surface area contributed by atoms with Crippen LogP contribution in [0.25, 0.3) is 6.08 Å². The van der Waals surface area contributed by atoms with Gasteiger partial charge in [-0.05, 0) is 44.2 Å². The standard InChI is InChI=1S/C25H22BrClN2O6S/c1-5-35-24(32)20-12(2)28-25-29(21(20)16-7-6-15(33-3)11-18(16)34-4)23(31)19(36-25)9-13-8-14(26)10-17(27)22(13)30/h6-11,21,30H,5H2,1-4H3/b19-9-/t21-/m0/s1. The fraction of sp³-hybridized carbons (Fsp3) is 0.240. The average molecular weight is 594 g/mol. The van der Waals surface area contributed by atoms with Gasteiger partial charge in [0.2, 0.25) is 0 Å². The number of phenols is 1. The summed E-state index contributed by atoms with van der Waals surface area (Å²) in [6, 6.07) is 7.51. The molecule has 0 unspecified atom stereocenters. The molecule has 11 heteroatoms. The Morgan fingerprint density at radius 1 is 1.28 bits per heavy atom. The van der Waals surface area contributed by atoms with Crippen molar-refractivity contribution in [3.8, 4) is 17.2 Å². The molecule has 0 fully saturated rings. The molecule has 0 bridgehead atoms. The molecule has 8 nitrogen and oxygen atoms in total. The Morgan fingerprint density at radius 3 is 2.69 bits per heavy atom. The number of allylic oxidation sites excluding steroid dienone is 1. The maximum absolute atomic E-state index is 13.8. The summed E-state index contributed by atoms with van der Waals surface area (Å²) in [6.45, 7) is 3.57. The molecule has 1 atom stereocenters. The van der Waals surface area contributed by atoms with Crippen molar-refractivity contribution in [2.75, 3.05) is 20.8 Å². The molecule has 0 amide bonds. The summed E-state index contributed by atoms with van der Waals surface area (Å²) < 4.78 is 18.6. The predicted molar refractivity (Wildman–Crippen MR) is 141 cm³/mol. The van der Waals surface area contributed by atoms with Crippen LogP contribution in [0.2, 0.25) is 5.02 Å². The quantitative estimate of drug-likeness (QED) is 0.435. The van der Waals surface area contributed by atoms with Gasteiger partial charge in [-0.1, -0.05) is 38.9 Å². The topological polar surface area (TPSA) is 99.4 Å². The largest absolute Gasteiger partial charge is 0.506 e. The number of hydrogen-bond donors (Lipinski definition) is 1. The van der Waals surface area contributed by atoms with Crippen LogP contribution in [-0.4, -0.2) is 36.5 Å². The molecule has 2 aromatic carbocycles. The Morgan fingerprint density at radius 2 is 2.03 bits per heavy atom. The highest BCUT2D eigenvalue weighted by atomic mass is 79.9. The van der Waals surface area contributed by atoms with Crippen LogP contribution in [0.3, 0.4) is 0 Å². The molecule has 0 radical (unpaired) electrons. The maximum atomic E-state index is 13.8. The van der Waals surface area contributed by atoms with Gasteiger partial charge in [0.05, 0.1) is 41.7 Å². The van der Waals surface area contributed by atoms with Crippen LogP contribution in [0.4, 0.5) is 0 Å². The normalized spacial score (nSPS) is 15.4. The van der Waals surface area contributed by atoms with E-state index in [-0.39, 0.29) is 23.0 Å². The minimum Gasteiger partial charge on any atom is -0.506 e. The lowest BCUT2D eigenvalue weighted by atomic mass is 9.95. The number of carbonyl (C=O) groups excluding carboxylic acids is 1. The lowest BCUT2D eigenvalue weighted by Gasteiger charge is -2.26. The number of hydrogen-bond acceptors (Lipinski definition) is 8. The van der Waals surface area contributed by atoms with E-state index in [1.165, 1.54) is 18.8 Å². The van der Waals surface area contributed by atoms with Gasteiger partial charge in [0.25, 0.3) is 5.56 Å². The average Bonchev–Trinajstić information content (AvgIpc) is 3.15. The zero-order chi connectivity index (χ0) is 26.1. The number of rotatable bonds is 6. The second-order valence-electron chi connectivity index (χ2n) is 7.74. The second-order valence-corrected chi connectivity index (χ2v) is 10.1. The SMILES string of the molecule is CCOC(=O)C1=C(C)N=c2s/c(=C\c3cc(Br)cc(Cl)c3O)c(=O)n2[C@H]1c1ccc(OC)cc1OC. The second kappa shape index (κ2) is 10.5. The van der Waals surface area contributed by atoms with Crippen LogP contribution in [0.1, 0.15) is 31.0 Å². The molecule has 1 aliphatic rings. The number of nitrogens with zero attached hydrogens (tertiary/aromatic N) is 2. The van der Waals surface area contributed by atoms with Crippen molar-refractivity contribution in [2.24, 2.45) is 4.99 Å². The molecule has 1 aromatic heterocycles. The Labute approximate surface area is 223 Å². The molecule has 0 saturated carbocycles. The molecular weight excluding hydrogens is 572 g/mol. The Kier molecular flexibility index (Phi) is 7.58. The molecule has 0 aliphatic carbocycles. The first-order valence-electron chi connectivity index (χ1n) is 10.8. The highest BCUT2D eigenvalue weighted by molar-refractivity contribution is 9.10. The molecule has 3 aromatic rings. The van der Waals surface area contributed by atoms with Crippen LogP contribution < -0.4 is 24.4 Å². The van der Waals surface area contributed by atoms with Gasteiger partial charge in [0.1, 0.15) is 23.3 Å². The van der Waals surface area contributed by atoms with E-state index in [4.69, 9.17) is 25.8 Å². The summed E-state index contributed by atoms with van der Waals surface area (Å²) in [5, 5.41) is 10.6. The summed E-state index contributed by atoms with van der Waals surface area (Å²) >= 11 is 10.6. The summed E-state index contributed by atoms with van der Waals surface area (Å²) in [4.78, 5) is 31.8. The van der Waals surface area contributed by atoms with E-state index in [1.54, 1.807) is 50.3 Å². The van der Waals surface area contributed by atoms with E-state index in [1.807, 2.05) is 0 Å². The van der Waals surface area contributed by atoms with E-state index in [9.17, 15) is 14.7 Å². The summed E-state index contributed by atoms with van der Waals surface area (Å²) in [5.74, 6) is 0.264. The maximum Gasteiger partial charge on any atom is 0.338 e. The molecular formula is C25H22BrClN2O6S. The number of aromatic hydroxyl groups is 1. The van der Waals surface area contributed by atoms with Crippen molar-refractivity contribution in [3.63, 3.8) is 0 Å². The number of benzene rings is 2. The number of fused-ring (bicyclic) bond motifs is 1. The van der Waals surface area contributed by atoms with Crippen molar-refractivity contribution >= 4 is 50.9 Å².